The molecule has 4 nitrogen and oxygen atoms in total. The highest BCUT2D eigenvalue weighted by Crippen LogP contribution is 2.47. The molecule has 0 aliphatic carbocycles. The Bertz CT molecular complexity index is 596. The number of rotatable bonds is 3. The minimum Gasteiger partial charge on any atom is -0.444 e. The number of fused-ring (bicyclic) bond motifs is 1. The van der Waals surface area contributed by atoms with Gasteiger partial charge in [0.2, 0.25) is 0 Å². The van der Waals surface area contributed by atoms with Gasteiger partial charge < -0.3 is 9.64 Å². The van der Waals surface area contributed by atoms with Crippen LogP contribution < -0.4 is 0 Å². The van der Waals surface area contributed by atoms with E-state index in [0.29, 0.717) is 18.1 Å². The van der Waals surface area contributed by atoms with Crippen molar-refractivity contribution < 1.29 is 9.53 Å². The second-order valence-corrected chi connectivity index (χ2v) is 8.54. The summed E-state index contributed by atoms with van der Waals surface area (Å²) in [5.74, 6) is 0. The molecule has 25 heavy (non-hydrogen) atoms. The van der Waals surface area contributed by atoms with Gasteiger partial charge in [-0.05, 0) is 52.0 Å². The summed E-state index contributed by atoms with van der Waals surface area (Å²) in [6.45, 7) is 8.03. The van der Waals surface area contributed by atoms with Crippen molar-refractivity contribution in [2.45, 2.75) is 83.1 Å². The fraction of sp³-hybridized carbons (Fsp3) is 0.667. The van der Waals surface area contributed by atoms with Gasteiger partial charge in [0.1, 0.15) is 5.60 Å². The molecule has 1 amide bonds. The second kappa shape index (κ2) is 6.99. The first kappa shape index (κ1) is 18.2. The van der Waals surface area contributed by atoms with Crippen molar-refractivity contribution in [1.82, 2.24) is 9.80 Å². The van der Waals surface area contributed by atoms with Gasteiger partial charge in [-0.15, -0.1) is 0 Å². The Morgan fingerprint density at radius 3 is 2.48 bits per heavy atom. The lowest BCUT2D eigenvalue weighted by Gasteiger charge is -2.58. The second-order valence-electron chi connectivity index (χ2n) is 8.54. The van der Waals surface area contributed by atoms with E-state index >= 15 is 0 Å². The maximum atomic E-state index is 12.4. The standard InChI is InChI=1S/C21H32N2O2/c1-6-16-12-17(22(5)20(24)25-21(2,3)4)13-18-14-19(23(16)18)15-10-8-7-9-11-15/h7-11,16-19H,6,12-14H2,1-5H3/t16-,17-,18-,19?/m0/s1. The molecule has 0 bridgehead atoms. The van der Waals surface area contributed by atoms with Crippen LogP contribution >= 0.6 is 0 Å². The van der Waals surface area contributed by atoms with E-state index in [9.17, 15) is 4.79 Å². The highest BCUT2D eigenvalue weighted by atomic mass is 16.6. The van der Waals surface area contributed by atoms with Gasteiger partial charge in [-0.2, -0.15) is 0 Å². The highest BCUT2D eigenvalue weighted by molar-refractivity contribution is 5.68. The van der Waals surface area contributed by atoms with Gasteiger partial charge in [-0.3, -0.25) is 4.90 Å². The van der Waals surface area contributed by atoms with Crippen molar-refractivity contribution in [1.29, 1.82) is 0 Å². The number of nitrogens with zero attached hydrogens (tertiary/aromatic N) is 2. The van der Waals surface area contributed by atoms with Crippen molar-refractivity contribution in [2.75, 3.05) is 7.05 Å². The van der Waals surface area contributed by atoms with Crippen molar-refractivity contribution in [3.8, 4) is 0 Å². The van der Waals surface area contributed by atoms with E-state index in [4.69, 9.17) is 4.74 Å². The van der Waals surface area contributed by atoms with E-state index in [2.05, 4.69) is 42.2 Å². The van der Waals surface area contributed by atoms with E-state index in [-0.39, 0.29) is 12.1 Å². The third-order valence-electron chi connectivity index (χ3n) is 5.67. The third kappa shape index (κ3) is 3.84. The molecule has 2 heterocycles. The third-order valence-corrected chi connectivity index (χ3v) is 5.67. The van der Waals surface area contributed by atoms with Crippen LogP contribution in [0.15, 0.2) is 30.3 Å². The van der Waals surface area contributed by atoms with E-state index in [1.807, 2.05) is 32.7 Å². The molecule has 2 aliphatic heterocycles. The maximum absolute atomic E-state index is 12.4. The average molecular weight is 344 g/mol. The highest BCUT2D eigenvalue weighted by Gasteiger charge is 2.48. The van der Waals surface area contributed by atoms with Crippen LogP contribution in [0.2, 0.25) is 0 Å². The first-order chi connectivity index (χ1) is 11.8. The lowest BCUT2D eigenvalue weighted by molar-refractivity contribution is -0.0841. The molecule has 0 radical (unpaired) electrons. The van der Waals surface area contributed by atoms with Gasteiger partial charge in [0.05, 0.1) is 0 Å². The molecule has 138 valence electrons. The fourth-order valence-corrected chi connectivity index (χ4v) is 4.39. The molecular weight excluding hydrogens is 312 g/mol. The summed E-state index contributed by atoms with van der Waals surface area (Å²) in [4.78, 5) is 17.0. The van der Waals surface area contributed by atoms with Crippen LogP contribution in [0, 0.1) is 0 Å². The lowest BCUT2D eigenvalue weighted by Crippen LogP contribution is -2.62. The Kier molecular flexibility index (Phi) is 5.10. The molecule has 4 heteroatoms. The number of amides is 1. The molecule has 2 aliphatic rings. The summed E-state index contributed by atoms with van der Waals surface area (Å²) in [5.41, 5.74) is 0.988. The zero-order chi connectivity index (χ0) is 18.2. The Labute approximate surface area is 152 Å². The first-order valence-corrected chi connectivity index (χ1v) is 9.58. The summed E-state index contributed by atoms with van der Waals surface area (Å²) in [6.07, 6.45) is 4.21. The van der Waals surface area contributed by atoms with Crippen LogP contribution in [-0.2, 0) is 4.74 Å². The lowest BCUT2D eigenvalue weighted by atomic mass is 9.76. The largest absolute Gasteiger partial charge is 0.444 e. The zero-order valence-electron chi connectivity index (χ0n) is 16.2. The predicted molar refractivity (Wildman–Crippen MR) is 101 cm³/mol. The van der Waals surface area contributed by atoms with E-state index < -0.39 is 5.60 Å². The smallest absolute Gasteiger partial charge is 0.410 e. The Balaban J connectivity index is 1.67. The average Bonchev–Trinajstić information content (AvgIpc) is 2.54. The fourth-order valence-electron chi connectivity index (χ4n) is 4.39. The minimum absolute atomic E-state index is 0.195. The number of benzene rings is 1. The van der Waals surface area contributed by atoms with Gasteiger partial charge >= 0.3 is 6.09 Å². The number of hydrogen-bond donors (Lipinski definition) is 0. The van der Waals surface area contributed by atoms with Gasteiger partial charge in [0, 0.05) is 31.2 Å². The molecule has 0 aromatic heterocycles. The number of piperidine rings is 1. The Morgan fingerprint density at radius 2 is 1.88 bits per heavy atom. The molecule has 0 N–H and O–H groups in total. The summed E-state index contributed by atoms with van der Waals surface area (Å²) in [7, 11) is 1.90. The van der Waals surface area contributed by atoms with Crippen molar-refractivity contribution in [3.63, 3.8) is 0 Å². The van der Waals surface area contributed by atoms with Crippen LogP contribution in [0.25, 0.3) is 0 Å². The topological polar surface area (TPSA) is 32.8 Å². The number of ether oxygens (including phenoxy) is 1. The molecule has 2 fully saturated rings. The summed E-state index contributed by atoms with van der Waals surface area (Å²) >= 11 is 0. The molecule has 0 saturated carbocycles. The van der Waals surface area contributed by atoms with E-state index in [1.54, 1.807) is 0 Å². The molecule has 1 unspecified atom stereocenters. The molecule has 2 saturated heterocycles. The van der Waals surface area contributed by atoms with Crippen LogP contribution in [0.1, 0.15) is 65.0 Å². The zero-order valence-corrected chi connectivity index (χ0v) is 16.2. The first-order valence-electron chi connectivity index (χ1n) is 9.58. The molecule has 3 rings (SSSR count). The molecule has 0 spiro atoms. The van der Waals surface area contributed by atoms with Crippen molar-refractivity contribution in [3.05, 3.63) is 35.9 Å². The van der Waals surface area contributed by atoms with Crippen LogP contribution in [0.5, 0.6) is 0 Å². The van der Waals surface area contributed by atoms with E-state index in [0.717, 1.165) is 19.3 Å². The van der Waals surface area contributed by atoms with Gasteiger partial charge in [-0.1, -0.05) is 37.3 Å². The minimum atomic E-state index is -0.439. The number of carbonyl (C=O) groups is 1. The predicted octanol–water partition coefficient (Wildman–Crippen LogP) is 4.61. The maximum Gasteiger partial charge on any atom is 0.410 e. The Hall–Kier alpha value is -1.55. The monoisotopic (exact) mass is 344 g/mol. The quantitative estimate of drug-likeness (QED) is 0.803. The summed E-state index contributed by atoms with van der Waals surface area (Å²) in [6, 6.07) is 12.8. The van der Waals surface area contributed by atoms with Gasteiger partial charge in [0.15, 0.2) is 0 Å². The molecular formula is C21H32N2O2. The number of hydrogen-bond acceptors (Lipinski definition) is 3. The van der Waals surface area contributed by atoms with Crippen molar-refractivity contribution >= 4 is 6.09 Å². The van der Waals surface area contributed by atoms with E-state index in [1.165, 1.54) is 12.0 Å². The summed E-state index contributed by atoms with van der Waals surface area (Å²) in [5, 5.41) is 0. The Morgan fingerprint density at radius 1 is 1.20 bits per heavy atom. The van der Waals surface area contributed by atoms with Crippen LogP contribution in [0.3, 0.4) is 0 Å². The molecule has 1 aromatic rings. The van der Waals surface area contributed by atoms with Crippen LogP contribution in [-0.4, -0.2) is 46.7 Å². The SMILES string of the molecule is CC[C@H]1C[C@H](N(C)C(=O)OC(C)(C)C)C[C@H]2CC(c3ccccc3)N21. The van der Waals surface area contributed by atoms with Gasteiger partial charge in [0.25, 0.3) is 0 Å². The van der Waals surface area contributed by atoms with Gasteiger partial charge in [-0.25, -0.2) is 4.79 Å². The number of carbonyl (C=O) groups excluding carboxylic acids is 1. The summed E-state index contributed by atoms with van der Waals surface area (Å²) < 4.78 is 5.57. The normalized spacial score (nSPS) is 29.5. The van der Waals surface area contributed by atoms with Crippen LogP contribution in [0.4, 0.5) is 4.79 Å². The van der Waals surface area contributed by atoms with Crippen molar-refractivity contribution in [2.24, 2.45) is 0 Å². The molecule has 1 aromatic carbocycles. The molecule has 4 atom stereocenters.